The molecule has 0 N–H and O–H groups in total. The number of ether oxygens (including phenoxy) is 2. The first kappa shape index (κ1) is 12.0. The van der Waals surface area contributed by atoms with E-state index in [4.69, 9.17) is 4.74 Å². The Labute approximate surface area is 99.9 Å². The largest absolute Gasteiger partial charge is 0.464 e. The Morgan fingerprint density at radius 1 is 1.59 bits per heavy atom. The average Bonchev–Trinajstić information content (AvgIpc) is 2.85. The van der Waals surface area contributed by atoms with Gasteiger partial charge in [0.15, 0.2) is 5.69 Å². The van der Waals surface area contributed by atoms with Crippen molar-refractivity contribution in [1.29, 1.82) is 0 Å². The molecule has 0 bridgehead atoms. The van der Waals surface area contributed by atoms with E-state index in [1.54, 1.807) is 4.68 Å². The van der Waals surface area contributed by atoms with Crippen LogP contribution >= 0.6 is 0 Å². The van der Waals surface area contributed by atoms with Crippen LogP contribution in [0.2, 0.25) is 0 Å². The Bertz CT molecular complexity index is 372. The Hall–Kier alpha value is -1.43. The predicted molar refractivity (Wildman–Crippen MR) is 59.5 cm³/mol. The van der Waals surface area contributed by atoms with Crippen LogP contribution in [0, 0.1) is 5.92 Å². The van der Waals surface area contributed by atoms with Gasteiger partial charge in [0.1, 0.15) is 0 Å². The maximum Gasteiger partial charge on any atom is 0.358 e. The molecule has 2 rings (SSSR count). The summed E-state index contributed by atoms with van der Waals surface area (Å²) in [6, 6.07) is 0. The molecule has 0 saturated carbocycles. The lowest BCUT2D eigenvalue weighted by Crippen LogP contribution is -2.19. The molecule has 1 aliphatic rings. The summed E-state index contributed by atoms with van der Waals surface area (Å²) in [5.41, 5.74) is 0.416. The fourth-order valence-electron chi connectivity index (χ4n) is 2.03. The molecule has 1 aromatic rings. The molecule has 0 atom stereocenters. The molecule has 6 nitrogen and oxygen atoms in total. The number of aryl methyl sites for hydroxylation is 1. The zero-order valence-corrected chi connectivity index (χ0v) is 9.96. The van der Waals surface area contributed by atoms with Crippen LogP contribution in [0.5, 0.6) is 0 Å². The van der Waals surface area contributed by atoms with E-state index in [2.05, 4.69) is 15.0 Å². The van der Waals surface area contributed by atoms with E-state index in [0.717, 1.165) is 32.5 Å². The number of carbonyl (C=O) groups is 1. The van der Waals surface area contributed by atoms with Crippen LogP contribution in [0.25, 0.3) is 0 Å². The van der Waals surface area contributed by atoms with Crippen molar-refractivity contribution in [2.75, 3.05) is 20.3 Å². The first-order valence-corrected chi connectivity index (χ1v) is 5.86. The van der Waals surface area contributed by atoms with Crippen LogP contribution in [0.3, 0.4) is 0 Å². The molecule has 17 heavy (non-hydrogen) atoms. The maximum absolute atomic E-state index is 11.4. The number of rotatable bonds is 4. The van der Waals surface area contributed by atoms with Crippen molar-refractivity contribution in [3.8, 4) is 0 Å². The van der Waals surface area contributed by atoms with Crippen LogP contribution < -0.4 is 0 Å². The Kier molecular flexibility index (Phi) is 4.08. The zero-order valence-electron chi connectivity index (χ0n) is 9.96. The van der Waals surface area contributed by atoms with Gasteiger partial charge in [-0.15, -0.1) is 5.10 Å². The molecular formula is C11H17N3O3. The third kappa shape index (κ3) is 3.03. The lowest BCUT2D eigenvalue weighted by atomic mass is 9.97. The molecule has 0 radical (unpaired) electrons. The first-order valence-electron chi connectivity index (χ1n) is 5.86. The average molecular weight is 239 g/mol. The van der Waals surface area contributed by atoms with Crippen molar-refractivity contribution in [3.05, 3.63) is 11.9 Å². The van der Waals surface area contributed by atoms with E-state index in [-0.39, 0.29) is 5.97 Å². The summed E-state index contributed by atoms with van der Waals surface area (Å²) in [6.45, 7) is 2.38. The molecular weight excluding hydrogens is 222 g/mol. The van der Waals surface area contributed by atoms with Gasteiger partial charge >= 0.3 is 5.97 Å². The van der Waals surface area contributed by atoms with Crippen molar-refractivity contribution >= 4 is 5.97 Å². The van der Waals surface area contributed by atoms with Gasteiger partial charge in [-0.2, -0.15) is 0 Å². The topological polar surface area (TPSA) is 66.2 Å². The molecule has 0 aromatic carbocycles. The monoisotopic (exact) mass is 239 g/mol. The number of aromatic nitrogens is 3. The number of methoxy groups -OCH3 is 1. The number of esters is 1. The summed E-state index contributed by atoms with van der Waals surface area (Å²) in [5, 5.41) is 7.65. The lowest BCUT2D eigenvalue weighted by Gasteiger charge is -2.21. The fourth-order valence-corrected chi connectivity index (χ4v) is 2.03. The van der Waals surface area contributed by atoms with E-state index in [0.29, 0.717) is 18.2 Å². The van der Waals surface area contributed by atoms with Gasteiger partial charge < -0.3 is 9.47 Å². The highest BCUT2D eigenvalue weighted by Crippen LogP contribution is 2.19. The van der Waals surface area contributed by atoms with Crippen LogP contribution in [-0.2, 0) is 16.0 Å². The molecule has 6 heteroatoms. The minimum atomic E-state index is -0.387. The highest BCUT2D eigenvalue weighted by atomic mass is 16.5. The quantitative estimate of drug-likeness (QED) is 0.730. The van der Waals surface area contributed by atoms with Crippen LogP contribution in [-0.4, -0.2) is 41.3 Å². The van der Waals surface area contributed by atoms with E-state index in [9.17, 15) is 4.79 Å². The highest BCUT2D eigenvalue weighted by Gasteiger charge is 2.17. The predicted octanol–water partition coefficient (Wildman–Crippen LogP) is 0.881. The second-order valence-corrected chi connectivity index (χ2v) is 4.18. The third-order valence-corrected chi connectivity index (χ3v) is 3.10. The van der Waals surface area contributed by atoms with Gasteiger partial charge in [-0.3, -0.25) is 0 Å². The number of nitrogens with zero attached hydrogens (tertiary/aromatic N) is 3. The SMILES string of the molecule is COC(=O)c1cnnn1CCC1CCOCC1. The van der Waals surface area contributed by atoms with Crippen LogP contribution in [0.15, 0.2) is 6.20 Å². The molecule has 2 heterocycles. The molecule has 1 fully saturated rings. The molecule has 1 saturated heterocycles. The van der Waals surface area contributed by atoms with Crippen molar-refractivity contribution < 1.29 is 14.3 Å². The molecule has 0 spiro atoms. The van der Waals surface area contributed by atoms with Gasteiger partial charge in [0.05, 0.1) is 13.3 Å². The maximum atomic E-state index is 11.4. The van der Waals surface area contributed by atoms with Crippen molar-refractivity contribution in [3.63, 3.8) is 0 Å². The number of hydrogen-bond acceptors (Lipinski definition) is 5. The molecule has 0 unspecified atom stereocenters. The molecule has 1 aromatic heterocycles. The van der Waals surface area contributed by atoms with Crippen molar-refractivity contribution in [2.24, 2.45) is 5.92 Å². The Balaban J connectivity index is 1.89. The molecule has 94 valence electrons. The summed E-state index contributed by atoms with van der Waals surface area (Å²) in [6.07, 6.45) is 4.61. The Morgan fingerprint density at radius 3 is 3.06 bits per heavy atom. The summed E-state index contributed by atoms with van der Waals surface area (Å²) in [5.74, 6) is 0.264. The zero-order chi connectivity index (χ0) is 12.1. The second kappa shape index (κ2) is 5.77. The van der Waals surface area contributed by atoms with Crippen LogP contribution in [0.1, 0.15) is 29.8 Å². The van der Waals surface area contributed by atoms with Gasteiger partial charge in [0.25, 0.3) is 0 Å². The number of carbonyl (C=O) groups excluding carboxylic acids is 1. The van der Waals surface area contributed by atoms with Gasteiger partial charge in [0.2, 0.25) is 0 Å². The van der Waals surface area contributed by atoms with Gasteiger partial charge in [-0.05, 0) is 25.2 Å². The minimum Gasteiger partial charge on any atom is -0.464 e. The second-order valence-electron chi connectivity index (χ2n) is 4.18. The van der Waals surface area contributed by atoms with Gasteiger partial charge in [-0.1, -0.05) is 5.21 Å². The van der Waals surface area contributed by atoms with Gasteiger partial charge in [-0.25, -0.2) is 9.48 Å². The van der Waals surface area contributed by atoms with E-state index in [1.165, 1.54) is 13.3 Å². The first-order chi connectivity index (χ1) is 8.31. The van der Waals surface area contributed by atoms with Crippen LogP contribution in [0.4, 0.5) is 0 Å². The van der Waals surface area contributed by atoms with E-state index >= 15 is 0 Å². The molecule has 0 amide bonds. The highest BCUT2D eigenvalue weighted by molar-refractivity contribution is 5.86. The standard InChI is InChI=1S/C11H17N3O3/c1-16-11(15)10-8-12-13-14(10)5-2-9-3-6-17-7-4-9/h8-9H,2-7H2,1H3. The Morgan fingerprint density at radius 2 is 2.35 bits per heavy atom. The summed E-state index contributed by atoms with van der Waals surface area (Å²) in [4.78, 5) is 11.4. The van der Waals surface area contributed by atoms with Crippen molar-refractivity contribution in [1.82, 2.24) is 15.0 Å². The molecule has 1 aliphatic heterocycles. The summed E-state index contributed by atoms with van der Waals surface area (Å²) in [7, 11) is 1.36. The molecule has 0 aliphatic carbocycles. The van der Waals surface area contributed by atoms with E-state index < -0.39 is 0 Å². The minimum absolute atomic E-state index is 0.387. The van der Waals surface area contributed by atoms with Gasteiger partial charge in [0, 0.05) is 19.8 Å². The fraction of sp³-hybridized carbons (Fsp3) is 0.727. The normalized spacial score (nSPS) is 17.0. The summed E-state index contributed by atoms with van der Waals surface area (Å²) >= 11 is 0. The van der Waals surface area contributed by atoms with E-state index in [1.807, 2.05) is 0 Å². The smallest absolute Gasteiger partial charge is 0.358 e. The van der Waals surface area contributed by atoms with Crippen molar-refractivity contribution in [2.45, 2.75) is 25.8 Å². The third-order valence-electron chi connectivity index (χ3n) is 3.10. The summed E-state index contributed by atoms with van der Waals surface area (Å²) < 4.78 is 11.6. The number of hydrogen-bond donors (Lipinski definition) is 0. The lowest BCUT2D eigenvalue weighted by molar-refractivity contribution is 0.0569.